The lowest BCUT2D eigenvalue weighted by atomic mass is 10.3. The average molecular weight is 485 g/mol. The molecule has 12 heteroatoms. The molecule has 1 aromatic carbocycles. The summed E-state index contributed by atoms with van der Waals surface area (Å²) in [5, 5.41) is 11.4. The Hall–Kier alpha value is -2.89. The van der Waals surface area contributed by atoms with Crippen molar-refractivity contribution in [2.45, 2.75) is 13.8 Å². The quantitative estimate of drug-likeness (QED) is 0.310. The molecule has 0 aliphatic heterocycles. The van der Waals surface area contributed by atoms with E-state index in [0.717, 1.165) is 17.8 Å². The number of likely N-dealkylation sites (N-methyl/N-ethyl adjacent to an activating group) is 1. The van der Waals surface area contributed by atoms with Crippen molar-refractivity contribution < 1.29 is 23.6 Å². The number of furan rings is 1. The standard InChI is InChI=1S/C20H24N4O6S.ClH/c1-5-22(6-2)9-10-23(19(25)14-7-8-18(30-14)24(26)27)20-21-13-11-15(28-3)16(29-4)12-17(13)31-20;/h7-8,11-12H,5-6,9-10H2,1-4H3;1H. The van der Waals surface area contributed by atoms with Crippen LogP contribution in [0.4, 0.5) is 11.0 Å². The SMILES string of the molecule is CCN(CC)CCN(C(=O)c1ccc([N+](=O)[O-])o1)c1nc2cc(OC)c(OC)cc2s1.Cl. The van der Waals surface area contributed by atoms with Gasteiger partial charge in [0.2, 0.25) is 0 Å². The smallest absolute Gasteiger partial charge is 0.433 e. The number of nitrogens with zero attached hydrogens (tertiary/aromatic N) is 4. The first kappa shape index (κ1) is 25.4. The van der Waals surface area contributed by atoms with Crippen molar-refractivity contribution in [3.63, 3.8) is 0 Å². The van der Waals surface area contributed by atoms with Gasteiger partial charge in [0.15, 0.2) is 22.4 Å². The molecule has 3 rings (SSSR count). The Bertz CT molecular complexity index is 1040. The van der Waals surface area contributed by atoms with Crippen molar-refractivity contribution >= 4 is 50.9 Å². The summed E-state index contributed by atoms with van der Waals surface area (Å²) in [4.78, 5) is 31.8. The average Bonchev–Trinajstić information content (AvgIpc) is 3.42. The monoisotopic (exact) mass is 484 g/mol. The minimum Gasteiger partial charge on any atom is -0.493 e. The van der Waals surface area contributed by atoms with Crippen molar-refractivity contribution in [3.05, 3.63) is 40.1 Å². The fourth-order valence-electron chi connectivity index (χ4n) is 3.10. The highest BCUT2D eigenvalue weighted by atomic mass is 35.5. The number of fused-ring (bicyclic) bond motifs is 1. The van der Waals surface area contributed by atoms with E-state index >= 15 is 0 Å². The van der Waals surface area contributed by atoms with Gasteiger partial charge in [0.05, 0.1) is 30.5 Å². The van der Waals surface area contributed by atoms with Crippen LogP contribution in [0.5, 0.6) is 11.5 Å². The van der Waals surface area contributed by atoms with E-state index in [1.165, 1.54) is 28.4 Å². The third-order valence-electron chi connectivity index (χ3n) is 4.88. The highest BCUT2D eigenvalue weighted by Gasteiger charge is 2.26. The summed E-state index contributed by atoms with van der Waals surface area (Å²) >= 11 is 1.32. The molecule has 2 aromatic heterocycles. The van der Waals surface area contributed by atoms with Crippen LogP contribution < -0.4 is 14.4 Å². The molecule has 0 aliphatic rings. The molecule has 10 nitrogen and oxygen atoms in total. The number of hydrogen-bond acceptors (Lipinski definition) is 9. The number of thiazole rings is 1. The number of halogens is 1. The molecule has 0 atom stereocenters. The Balaban J connectivity index is 0.00000363. The van der Waals surface area contributed by atoms with E-state index in [2.05, 4.69) is 9.88 Å². The number of nitro groups is 1. The molecule has 1 amide bonds. The van der Waals surface area contributed by atoms with E-state index in [1.807, 2.05) is 13.8 Å². The summed E-state index contributed by atoms with van der Waals surface area (Å²) in [6, 6.07) is 6.03. The highest BCUT2D eigenvalue weighted by Crippen LogP contribution is 2.37. The van der Waals surface area contributed by atoms with Gasteiger partial charge in [0.1, 0.15) is 4.92 Å². The second-order valence-corrected chi connectivity index (χ2v) is 7.56. The maximum atomic E-state index is 13.2. The third kappa shape index (κ3) is 5.29. The van der Waals surface area contributed by atoms with Crippen LogP contribution in [0.3, 0.4) is 0 Å². The zero-order valence-electron chi connectivity index (χ0n) is 18.2. The predicted octanol–water partition coefficient (Wildman–Crippen LogP) is 4.23. The molecule has 0 radical (unpaired) electrons. The number of ether oxygens (including phenoxy) is 2. The van der Waals surface area contributed by atoms with Crippen molar-refractivity contribution in [1.29, 1.82) is 0 Å². The third-order valence-corrected chi connectivity index (χ3v) is 5.92. The zero-order chi connectivity index (χ0) is 22.5. The zero-order valence-corrected chi connectivity index (χ0v) is 19.8. The number of carbonyl (C=O) groups is 1. The van der Waals surface area contributed by atoms with Crippen LogP contribution >= 0.6 is 23.7 Å². The number of amides is 1. The molecule has 0 aliphatic carbocycles. The molecule has 174 valence electrons. The van der Waals surface area contributed by atoms with Gasteiger partial charge in [-0.2, -0.15) is 0 Å². The van der Waals surface area contributed by atoms with Gasteiger partial charge in [0, 0.05) is 25.2 Å². The van der Waals surface area contributed by atoms with Crippen LogP contribution in [0.15, 0.2) is 28.7 Å². The summed E-state index contributed by atoms with van der Waals surface area (Å²) in [7, 11) is 3.09. The van der Waals surface area contributed by atoms with Crippen LogP contribution in [0, 0.1) is 10.1 Å². The molecule has 0 fully saturated rings. The van der Waals surface area contributed by atoms with Gasteiger partial charge in [-0.05, 0) is 19.2 Å². The topological polar surface area (TPSA) is 111 Å². The van der Waals surface area contributed by atoms with Crippen molar-refractivity contribution in [2.75, 3.05) is 45.3 Å². The first-order valence-electron chi connectivity index (χ1n) is 9.72. The lowest BCUT2D eigenvalue weighted by Gasteiger charge is -2.23. The molecule has 0 unspecified atom stereocenters. The van der Waals surface area contributed by atoms with Gasteiger partial charge >= 0.3 is 5.88 Å². The molecular weight excluding hydrogens is 460 g/mol. The number of methoxy groups -OCH3 is 2. The van der Waals surface area contributed by atoms with Crippen molar-refractivity contribution in [3.8, 4) is 11.5 Å². The first-order valence-corrected chi connectivity index (χ1v) is 10.5. The number of aromatic nitrogens is 1. The number of rotatable bonds is 10. The molecule has 3 aromatic rings. The van der Waals surface area contributed by atoms with Crippen molar-refractivity contribution in [1.82, 2.24) is 9.88 Å². The molecule has 2 heterocycles. The van der Waals surface area contributed by atoms with Gasteiger partial charge in [-0.25, -0.2) is 4.98 Å². The van der Waals surface area contributed by atoms with Crippen molar-refractivity contribution in [2.24, 2.45) is 0 Å². The minimum absolute atomic E-state index is 0. The first-order chi connectivity index (χ1) is 14.9. The van der Waals surface area contributed by atoms with Crippen LogP contribution in [0.1, 0.15) is 24.4 Å². The molecule has 32 heavy (non-hydrogen) atoms. The van der Waals surface area contributed by atoms with Crippen LogP contribution in [-0.4, -0.2) is 61.1 Å². The maximum Gasteiger partial charge on any atom is 0.433 e. The second kappa shape index (κ2) is 11.1. The normalized spacial score (nSPS) is 10.8. The summed E-state index contributed by atoms with van der Waals surface area (Å²) in [5.41, 5.74) is 0.656. The Morgan fingerprint density at radius 1 is 1.16 bits per heavy atom. The molecule has 0 N–H and O–H groups in total. The Labute approximate surface area is 195 Å². The molecule has 0 saturated carbocycles. The minimum atomic E-state index is -0.673. The van der Waals surface area contributed by atoms with E-state index < -0.39 is 16.7 Å². The molecule has 0 bridgehead atoms. The lowest BCUT2D eigenvalue weighted by Crippen LogP contribution is -2.38. The molecule has 0 saturated heterocycles. The summed E-state index contributed by atoms with van der Waals surface area (Å²) in [6.07, 6.45) is 0. The van der Waals surface area contributed by atoms with E-state index in [4.69, 9.17) is 13.9 Å². The number of benzene rings is 1. The Morgan fingerprint density at radius 3 is 2.38 bits per heavy atom. The fourth-order valence-corrected chi connectivity index (χ4v) is 4.10. The largest absolute Gasteiger partial charge is 0.493 e. The second-order valence-electron chi connectivity index (χ2n) is 6.55. The number of anilines is 1. The summed E-state index contributed by atoms with van der Waals surface area (Å²) in [6.45, 7) is 6.72. The predicted molar refractivity (Wildman–Crippen MR) is 125 cm³/mol. The fraction of sp³-hybridized carbons (Fsp3) is 0.400. The van der Waals surface area contributed by atoms with Gasteiger partial charge in [-0.1, -0.05) is 25.2 Å². The molecule has 0 spiro atoms. The van der Waals surface area contributed by atoms with E-state index in [9.17, 15) is 14.9 Å². The lowest BCUT2D eigenvalue weighted by molar-refractivity contribution is -0.402. The Morgan fingerprint density at radius 2 is 1.81 bits per heavy atom. The van der Waals surface area contributed by atoms with Gasteiger partial charge in [-0.3, -0.25) is 19.8 Å². The Kier molecular flexibility index (Phi) is 8.81. The van der Waals surface area contributed by atoms with Crippen LogP contribution in [-0.2, 0) is 0 Å². The van der Waals surface area contributed by atoms with E-state index in [1.54, 1.807) is 26.4 Å². The summed E-state index contributed by atoms with van der Waals surface area (Å²) < 4.78 is 16.7. The molecular formula is C20H25ClN4O6S. The van der Waals surface area contributed by atoms with Crippen LogP contribution in [0.2, 0.25) is 0 Å². The summed E-state index contributed by atoms with van der Waals surface area (Å²) in [5.74, 6) is 0.0205. The maximum absolute atomic E-state index is 13.2. The van der Waals surface area contributed by atoms with Gasteiger partial charge in [0.25, 0.3) is 5.91 Å². The van der Waals surface area contributed by atoms with E-state index in [-0.39, 0.29) is 18.2 Å². The number of carbonyl (C=O) groups excluding carboxylic acids is 1. The number of hydrogen-bond donors (Lipinski definition) is 0. The highest BCUT2D eigenvalue weighted by molar-refractivity contribution is 7.22. The van der Waals surface area contributed by atoms with Gasteiger partial charge < -0.3 is 18.8 Å². The van der Waals surface area contributed by atoms with Crippen LogP contribution in [0.25, 0.3) is 10.2 Å². The van der Waals surface area contributed by atoms with E-state index in [0.29, 0.717) is 35.2 Å². The van der Waals surface area contributed by atoms with Gasteiger partial charge in [-0.15, -0.1) is 12.4 Å².